The molecule has 2 heterocycles. The van der Waals surface area contributed by atoms with Crippen LogP contribution in [0.25, 0.3) is 5.65 Å². The zero-order valence-corrected chi connectivity index (χ0v) is 17.1. The van der Waals surface area contributed by atoms with E-state index in [9.17, 15) is 9.59 Å². The summed E-state index contributed by atoms with van der Waals surface area (Å²) >= 11 is 0. The Balaban J connectivity index is 1.37. The first kappa shape index (κ1) is 20.2. The van der Waals surface area contributed by atoms with Crippen LogP contribution in [0.5, 0.6) is 0 Å². The molecule has 1 amide bonds. The summed E-state index contributed by atoms with van der Waals surface area (Å²) in [6.07, 6.45) is 0.631. The summed E-state index contributed by atoms with van der Waals surface area (Å²) in [6.45, 7) is 2.16. The van der Waals surface area contributed by atoms with Gasteiger partial charge in [-0.15, -0.1) is 15.3 Å². The van der Waals surface area contributed by atoms with Gasteiger partial charge in [0.2, 0.25) is 5.91 Å². The van der Waals surface area contributed by atoms with E-state index in [1.807, 2.05) is 42.5 Å². The maximum absolute atomic E-state index is 12.3. The molecule has 0 saturated carbocycles. The fourth-order valence-corrected chi connectivity index (χ4v) is 3.11. The van der Waals surface area contributed by atoms with Crippen LogP contribution in [0, 0.1) is 0 Å². The molecular formula is C23H22N6O2. The molecule has 0 atom stereocenters. The van der Waals surface area contributed by atoms with Gasteiger partial charge in [-0.05, 0) is 48.9 Å². The van der Waals surface area contributed by atoms with Crippen molar-refractivity contribution in [1.29, 1.82) is 0 Å². The Labute approximate surface area is 179 Å². The van der Waals surface area contributed by atoms with Gasteiger partial charge in [-0.2, -0.15) is 4.52 Å². The molecule has 0 unspecified atom stereocenters. The van der Waals surface area contributed by atoms with Crippen molar-refractivity contribution in [3.05, 3.63) is 83.7 Å². The van der Waals surface area contributed by atoms with Crippen LogP contribution >= 0.6 is 0 Å². The minimum absolute atomic E-state index is 0.0123. The van der Waals surface area contributed by atoms with Crippen molar-refractivity contribution in [2.45, 2.75) is 26.3 Å². The molecule has 31 heavy (non-hydrogen) atoms. The number of aromatic nitrogens is 4. The molecule has 2 aromatic heterocycles. The van der Waals surface area contributed by atoms with E-state index in [4.69, 9.17) is 0 Å². The molecule has 0 radical (unpaired) electrons. The van der Waals surface area contributed by atoms with Crippen LogP contribution in [0.3, 0.4) is 0 Å². The smallest absolute Gasteiger partial charge is 0.224 e. The monoisotopic (exact) mass is 414 g/mol. The van der Waals surface area contributed by atoms with Gasteiger partial charge in [0.25, 0.3) is 0 Å². The van der Waals surface area contributed by atoms with Gasteiger partial charge in [-0.25, -0.2) is 0 Å². The number of fused-ring (bicyclic) bond motifs is 1. The van der Waals surface area contributed by atoms with Crippen molar-refractivity contribution in [1.82, 2.24) is 19.8 Å². The third kappa shape index (κ3) is 5.11. The van der Waals surface area contributed by atoms with Gasteiger partial charge in [0.05, 0.1) is 0 Å². The normalized spacial score (nSPS) is 10.7. The number of nitrogens with one attached hydrogen (secondary N) is 2. The second-order valence-electron chi connectivity index (χ2n) is 7.13. The van der Waals surface area contributed by atoms with Crippen molar-refractivity contribution < 1.29 is 9.59 Å². The third-order valence-corrected chi connectivity index (χ3v) is 4.79. The number of anilines is 2. The molecule has 0 bridgehead atoms. The fourth-order valence-electron chi connectivity index (χ4n) is 3.11. The molecule has 0 aliphatic carbocycles. The number of carbonyl (C=O) groups excluding carboxylic acids is 2. The van der Waals surface area contributed by atoms with Crippen LogP contribution in [0.1, 0.15) is 35.1 Å². The van der Waals surface area contributed by atoms with Gasteiger partial charge in [0.15, 0.2) is 17.3 Å². The van der Waals surface area contributed by atoms with Crippen LogP contribution < -0.4 is 10.6 Å². The maximum atomic E-state index is 12.3. The van der Waals surface area contributed by atoms with Gasteiger partial charge in [0.1, 0.15) is 5.82 Å². The Morgan fingerprint density at radius 2 is 1.71 bits per heavy atom. The number of benzene rings is 2. The molecule has 4 rings (SSSR count). The number of aryl methyl sites for hydroxylation is 1. The lowest BCUT2D eigenvalue weighted by Crippen LogP contribution is -2.14. The average Bonchev–Trinajstić information content (AvgIpc) is 3.19. The highest BCUT2D eigenvalue weighted by molar-refractivity contribution is 5.95. The largest absolute Gasteiger partial charge is 0.365 e. The number of hydrogen-bond donors (Lipinski definition) is 2. The van der Waals surface area contributed by atoms with Gasteiger partial charge < -0.3 is 10.6 Å². The summed E-state index contributed by atoms with van der Waals surface area (Å²) in [5.74, 6) is 1.15. The van der Waals surface area contributed by atoms with Gasteiger partial charge in [-0.1, -0.05) is 30.3 Å². The van der Waals surface area contributed by atoms with Crippen LogP contribution in [-0.4, -0.2) is 31.5 Å². The Kier molecular flexibility index (Phi) is 5.98. The Hall–Kier alpha value is -4.07. The minimum Gasteiger partial charge on any atom is -0.365 e. The van der Waals surface area contributed by atoms with Crippen molar-refractivity contribution in [2.75, 3.05) is 10.6 Å². The first-order valence-corrected chi connectivity index (χ1v) is 9.98. The quantitative estimate of drug-likeness (QED) is 0.428. The number of hydrogen-bond acceptors (Lipinski definition) is 6. The van der Waals surface area contributed by atoms with E-state index in [0.717, 1.165) is 5.56 Å². The zero-order valence-electron chi connectivity index (χ0n) is 17.1. The lowest BCUT2D eigenvalue weighted by Gasteiger charge is -2.07. The van der Waals surface area contributed by atoms with Gasteiger partial charge >= 0.3 is 0 Å². The van der Waals surface area contributed by atoms with Crippen LogP contribution in [0.15, 0.2) is 66.7 Å². The van der Waals surface area contributed by atoms with Crippen LogP contribution in [-0.2, 0) is 17.8 Å². The van der Waals surface area contributed by atoms with Crippen LogP contribution in [0.4, 0.5) is 11.5 Å². The predicted octanol–water partition coefficient (Wildman–Crippen LogP) is 3.51. The van der Waals surface area contributed by atoms with Crippen LogP contribution in [0.2, 0.25) is 0 Å². The second kappa shape index (κ2) is 9.17. The number of rotatable bonds is 8. The Morgan fingerprint density at radius 3 is 2.45 bits per heavy atom. The number of ketones is 1. The summed E-state index contributed by atoms with van der Waals surface area (Å²) in [6, 6.07) is 20.6. The molecular weight excluding hydrogens is 392 g/mol. The highest BCUT2D eigenvalue weighted by Crippen LogP contribution is 2.13. The molecule has 0 aliphatic heterocycles. The molecule has 156 valence electrons. The molecule has 2 N–H and O–H groups in total. The summed E-state index contributed by atoms with van der Waals surface area (Å²) in [5.41, 5.74) is 3.03. The topological polar surface area (TPSA) is 101 Å². The summed E-state index contributed by atoms with van der Waals surface area (Å²) < 4.78 is 1.66. The van der Waals surface area contributed by atoms with E-state index in [2.05, 4.69) is 25.9 Å². The van der Waals surface area contributed by atoms with E-state index >= 15 is 0 Å². The zero-order chi connectivity index (χ0) is 21.6. The number of nitrogens with zero attached hydrogens (tertiary/aromatic N) is 4. The standard InChI is InChI=1S/C23H22N6O2/c1-16(30)18-7-9-19(10-8-18)25-23(31)14-13-22-27-26-21-12-11-20(28-29(21)22)24-15-17-5-3-2-4-6-17/h2-12H,13-15H2,1H3,(H,24,28)(H,25,31). The fraction of sp³-hybridized carbons (Fsp3) is 0.174. The lowest BCUT2D eigenvalue weighted by molar-refractivity contribution is -0.116. The third-order valence-electron chi connectivity index (χ3n) is 4.79. The second-order valence-corrected chi connectivity index (χ2v) is 7.13. The van der Waals surface area contributed by atoms with E-state index < -0.39 is 0 Å². The average molecular weight is 414 g/mol. The molecule has 0 spiro atoms. The van der Waals surface area contributed by atoms with Crippen molar-refractivity contribution in [3.63, 3.8) is 0 Å². The highest BCUT2D eigenvalue weighted by Gasteiger charge is 2.11. The number of amides is 1. The highest BCUT2D eigenvalue weighted by atomic mass is 16.1. The van der Waals surface area contributed by atoms with Crippen molar-refractivity contribution in [3.8, 4) is 0 Å². The minimum atomic E-state index is -0.148. The number of Topliss-reactive ketones (excluding diaryl/α,β-unsaturated/α-hetero) is 1. The summed E-state index contributed by atoms with van der Waals surface area (Å²) in [4.78, 5) is 23.7. The van der Waals surface area contributed by atoms with E-state index in [1.54, 1.807) is 28.8 Å². The first-order chi connectivity index (χ1) is 15.1. The molecule has 2 aromatic carbocycles. The van der Waals surface area contributed by atoms with Gasteiger partial charge in [0, 0.05) is 30.6 Å². The molecule has 4 aromatic rings. The SMILES string of the molecule is CC(=O)c1ccc(NC(=O)CCc2nnc3ccc(NCc4ccccc4)nn23)cc1. The maximum Gasteiger partial charge on any atom is 0.224 e. The van der Waals surface area contributed by atoms with E-state index in [0.29, 0.717) is 41.5 Å². The Morgan fingerprint density at radius 1 is 0.935 bits per heavy atom. The molecule has 0 aliphatic rings. The first-order valence-electron chi connectivity index (χ1n) is 9.98. The lowest BCUT2D eigenvalue weighted by atomic mass is 10.1. The van der Waals surface area contributed by atoms with Crippen molar-refractivity contribution >= 4 is 28.8 Å². The number of carbonyl (C=O) groups is 2. The Bertz CT molecular complexity index is 1200. The predicted molar refractivity (Wildman–Crippen MR) is 118 cm³/mol. The van der Waals surface area contributed by atoms with E-state index in [1.165, 1.54) is 6.92 Å². The molecule has 0 fully saturated rings. The molecule has 0 saturated heterocycles. The van der Waals surface area contributed by atoms with Crippen molar-refractivity contribution in [2.24, 2.45) is 0 Å². The van der Waals surface area contributed by atoms with Gasteiger partial charge in [-0.3, -0.25) is 9.59 Å². The molecule has 8 heteroatoms. The summed E-state index contributed by atoms with van der Waals surface area (Å²) in [7, 11) is 0. The molecule has 8 nitrogen and oxygen atoms in total. The van der Waals surface area contributed by atoms with E-state index in [-0.39, 0.29) is 18.1 Å². The summed E-state index contributed by atoms with van der Waals surface area (Å²) in [5, 5.41) is 19.0.